The second-order valence-electron chi connectivity index (χ2n) is 7.47. The first kappa shape index (κ1) is 30.6. The van der Waals surface area contributed by atoms with Crippen LogP contribution in [-0.4, -0.2) is 22.2 Å². The Hall–Kier alpha value is -2.62. The van der Waals surface area contributed by atoms with E-state index in [4.69, 9.17) is 10.2 Å². The quantitative estimate of drug-likeness (QED) is 0.332. The summed E-state index contributed by atoms with van der Waals surface area (Å²) in [6.07, 6.45) is 12.0. The number of hydrogen-bond acceptors (Lipinski definition) is 2. The van der Waals surface area contributed by atoms with Gasteiger partial charge in [0.2, 0.25) is 0 Å². The maximum Gasteiger partial charge on any atom is 0.330 e. The summed E-state index contributed by atoms with van der Waals surface area (Å²) in [6.45, 7) is 15.1. The van der Waals surface area contributed by atoms with Crippen LogP contribution in [0.1, 0.15) is 84.6 Å². The predicted molar refractivity (Wildman–Crippen MR) is 132 cm³/mol. The zero-order valence-electron chi connectivity index (χ0n) is 19.9. The number of carbonyl (C=O) groups is 2. The summed E-state index contributed by atoms with van der Waals surface area (Å²) in [7, 11) is 0. The van der Waals surface area contributed by atoms with Gasteiger partial charge in [-0.25, -0.2) is 9.59 Å². The molecule has 0 amide bonds. The second-order valence-corrected chi connectivity index (χ2v) is 7.47. The number of aliphatic carboxylic acids is 2. The van der Waals surface area contributed by atoms with Crippen molar-refractivity contribution in [2.45, 2.75) is 79.1 Å². The Bertz CT molecular complexity index is 659. The van der Waals surface area contributed by atoms with Crippen molar-refractivity contribution in [3.05, 3.63) is 66.3 Å². The molecule has 31 heavy (non-hydrogen) atoms. The summed E-state index contributed by atoms with van der Waals surface area (Å²) in [6, 6.07) is 10.0. The molecule has 0 saturated carbocycles. The van der Waals surface area contributed by atoms with Crippen molar-refractivity contribution in [2.75, 3.05) is 0 Å². The van der Waals surface area contributed by atoms with Gasteiger partial charge in [0.1, 0.15) is 0 Å². The molecule has 2 N–H and O–H groups in total. The van der Waals surface area contributed by atoms with Crippen LogP contribution in [0.2, 0.25) is 0 Å². The van der Waals surface area contributed by atoms with E-state index in [1.165, 1.54) is 24.8 Å². The number of carboxylic acid groups (broad SMARTS) is 2. The number of allylic oxidation sites excluding steroid dienone is 1. The first-order valence-corrected chi connectivity index (χ1v) is 11.2. The van der Waals surface area contributed by atoms with Crippen molar-refractivity contribution in [2.24, 2.45) is 5.92 Å². The summed E-state index contributed by atoms with van der Waals surface area (Å²) < 4.78 is 0. The van der Waals surface area contributed by atoms with Gasteiger partial charge >= 0.3 is 11.9 Å². The highest BCUT2D eigenvalue weighted by atomic mass is 16.4. The number of benzene rings is 1. The van der Waals surface area contributed by atoms with Crippen LogP contribution in [0.4, 0.5) is 0 Å². The van der Waals surface area contributed by atoms with Crippen molar-refractivity contribution in [3.8, 4) is 0 Å². The smallest absolute Gasteiger partial charge is 0.330 e. The summed E-state index contributed by atoms with van der Waals surface area (Å²) in [5.41, 5.74) is 1.96. The number of unbranched alkanes of at least 4 members (excludes halogenated alkanes) is 2. The standard InChI is InChI=1S/C12H22O2.C8H8.C7H12O2/c1-4-6-7-11(5-2)9-8-10(3)12(13)14;1-2-8-6-4-3-5-7-8;1-3-4-5-6(2)7(8)9/h8,11H,4-7,9H2,1-3H3,(H,13,14);2-7H,1H2;2-5H2,1H3,(H,8,9). The molecule has 0 aromatic heterocycles. The zero-order chi connectivity index (χ0) is 24.1. The fraction of sp³-hybridized carbons (Fsp3) is 0.481. The number of carboxylic acids is 2. The molecule has 4 nitrogen and oxygen atoms in total. The minimum absolute atomic E-state index is 0.317. The molecule has 0 radical (unpaired) electrons. The van der Waals surface area contributed by atoms with Crippen LogP contribution in [0.15, 0.2) is 60.7 Å². The Morgan fingerprint density at radius 2 is 1.58 bits per heavy atom. The SMILES string of the molecule is C=C(CCCC)C(=O)O.C=Cc1ccccc1.CCCCC(CC)CC=C(C)C(=O)O. The minimum atomic E-state index is -0.872. The van der Waals surface area contributed by atoms with Gasteiger partial charge in [0.05, 0.1) is 0 Å². The molecule has 0 aliphatic heterocycles. The highest BCUT2D eigenvalue weighted by molar-refractivity contribution is 5.86. The largest absolute Gasteiger partial charge is 0.478 e. The van der Waals surface area contributed by atoms with Crippen molar-refractivity contribution >= 4 is 18.0 Å². The van der Waals surface area contributed by atoms with Crippen molar-refractivity contribution < 1.29 is 19.8 Å². The zero-order valence-corrected chi connectivity index (χ0v) is 19.9. The Kier molecular flexibility index (Phi) is 20.4. The third-order valence-electron chi connectivity index (χ3n) is 4.81. The fourth-order valence-electron chi connectivity index (χ4n) is 2.50. The van der Waals surface area contributed by atoms with Crippen LogP contribution in [0.5, 0.6) is 0 Å². The topological polar surface area (TPSA) is 74.6 Å². The molecule has 1 unspecified atom stereocenters. The molecule has 4 heteroatoms. The van der Waals surface area contributed by atoms with Gasteiger partial charge in [-0.3, -0.25) is 0 Å². The molecular weight excluding hydrogens is 388 g/mol. The van der Waals surface area contributed by atoms with Crippen LogP contribution in [0, 0.1) is 5.92 Å². The fourth-order valence-corrected chi connectivity index (χ4v) is 2.50. The summed E-state index contributed by atoms with van der Waals surface area (Å²) in [5.74, 6) is -1.01. The highest BCUT2D eigenvalue weighted by Crippen LogP contribution is 2.17. The molecule has 0 fully saturated rings. The summed E-state index contributed by atoms with van der Waals surface area (Å²) >= 11 is 0. The summed E-state index contributed by atoms with van der Waals surface area (Å²) in [4.78, 5) is 20.7. The Morgan fingerprint density at radius 3 is 1.97 bits per heavy atom. The lowest BCUT2D eigenvalue weighted by Crippen LogP contribution is -2.00. The molecule has 0 aliphatic rings. The molecule has 1 aromatic carbocycles. The van der Waals surface area contributed by atoms with Gasteiger partial charge in [-0.15, -0.1) is 0 Å². The molecule has 0 heterocycles. The lowest BCUT2D eigenvalue weighted by Gasteiger charge is -2.11. The predicted octanol–water partition coefficient (Wildman–Crippen LogP) is 7.77. The molecule has 0 spiro atoms. The number of hydrogen-bond donors (Lipinski definition) is 2. The van der Waals surface area contributed by atoms with E-state index < -0.39 is 11.9 Å². The van der Waals surface area contributed by atoms with Gasteiger partial charge in [0.15, 0.2) is 0 Å². The Labute approximate surface area is 189 Å². The average molecular weight is 431 g/mol. The van der Waals surface area contributed by atoms with Gasteiger partial charge in [-0.1, -0.05) is 109 Å². The molecule has 0 saturated heterocycles. The normalized spacial score (nSPS) is 11.2. The van der Waals surface area contributed by atoms with E-state index in [0.29, 0.717) is 23.5 Å². The van der Waals surface area contributed by atoms with E-state index in [-0.39, 0.29) is 0 Å². The van der Waals surface area contributed by atoms with E-state index in [9.17, 15) is 9.59 Å². The Morgan fingerprint density at radius 1 is 1.00 bits per heavy atom. The average Bonchev–Trinajstić information content (AvgIpc) is 2.78. The molecule has 1 atom stereocenters. The van der Waals surface area contributed by atoms with Gasteiger partial charge in [-0.2, -0.15) is 0 Å². The van der Waals surface area contributed by atoms with E-state index >= 15 is 0 Å². The molecule has 1 aromatic rings. The van der Waals surface area contributed by atoms with Gasteiger partial charge in [-0.05, 0) is 37.7 Å². The monoisotopic (exact) mass is 430 g/mol. The molecular formula is C27H42O4. The van der Waals surface area contributed by atoms with E-state index in [1.807, 2.05) is 49.4 Å². The third kappa shape index (κ3) is 19.1. The lowest BCUT2D eigenvalue weighted by molar-refractivity contribution is -0.133. The van der Waals surface area contributed by atoms with Crippen LogP contribution < -0.4 is 0 Å². The molecule has 0 bridgehead atoms. The first-order chi connectivity index (χ1) is 14.7. The summed E-state index contributed by atoms with van der Waals surface area (Å²) in [5, 5.41) is 17.0. The first-order valence-electron chi connectivity index (χ1n) is 11.2. The van der Waals surface area contributed by atoms with Crippen LogP contribution in [0.25, 0.3) is 6.08 Å². The van der Waals surface area contributed by atoms with Crippen LogP contribution >= 0.6 is 0 Å². The minimum Gasteiger partial charge on any atom is -0.478 e. The highest BCUT2D eigenvalue weighted by Gasteiger charge is 2.05. The maximum atomic E-state index is 10.5. The van der Waals surface area contributed by atoms with Crippen LogP contribution in [-0.2, 0) is 9.59 Å². The van der Waals surface area contributed by atoms with Crippen molar-refractivity contribution in [1.82, 2.24) is 0 Å². The van der Waals surface area contributed by atoms with Crippen molar-refractivity contribution in [3.63, 3.8) is 0 Å². The van der Waals surface area contributed by atoms with Gasteiger partial charge < -0.3 is 10.2 Å². The molecule has 1 rings (SSSR count). The lowest BCUT2D eigenvalue weighted by atomic mass is 9.95. The second kappa shape index (κ2) is 20.6. The van der Waals surface area contributed by atoms with Crippen LogP contribution in [0.3, 0.4) is 0 Å². The third-order valence-corrected chi connectivity index (χ3v) is 4.81. The molecule has 174 valence electrons. The van der Waals surface area contributed by atoms with Crippen molar-refractivity contribution in [1.29, 1.82) is 0 Å². The van der Waals surface area contributed by atoms with E-state index in [0.717, 1.165) is 25.7 Å². The maximum absolute atomic E-state index is 10.5. The number of rotatable bonds is 12. The van der Waals surface area contributed by atoms with E-state index in [2.05, 4.69) is 27.0 Å². The van der Waals surface area contributed by atoms with E-state index in [1.54, 1.807) is 6.92 Å². The molecule has 0 aliphatic carbocycles. The van der Waals surface area contributed by atoms with Gasteiger partial charge in [0, 0.05) is 11.1 Å². The Balaban J connectivity index is 0. The van der Waals surface area contributed by atoms with Gasteiger partial charge in [0.25, 0.3) is 0 Å².